The smallest absolute Gasteiger partial charge is 0.417 e. The summed E-state index contributed by atoms with van der Waals surface area (Å²) in [6, 6.07) is 7.65. The molecule has 0 amide bonds. The van der Waals surface area contributed by atoms with Crippen LogP contribution in [0, 0.1) is 0 Å². The molecular weight excluding hydrogens is 483 g/mol. The molecule has 0 fully saturated rings. The zero-order valence-corrected chi connectivity index (χ0v) is 17.2. The van der Waals surface area contributed by atoms with Gasteiger partial charge in [0.1, 0.15) is 10.8 Å². The van der Waals surface area contributed by atoms with Crippen LogP contribution in [0.5, 0.6) is 11.6 Å². The molecule has 3 aromatic rings. The first-order valence-electron chi connectivity index (χ1n) is 8.68. The lowest BCUT2D eigenvalue weighted by Crippen LogP contribution is -2.06. The number of hydrogen-bond acceptors (Lipinski definition) is 4. The van der Waals surface area contributed by atoms with E-state index < -0.39 is 23.5 Å². The molecule has 0 aliphatic rings. The van der Waals surface area contributed by atoms with Crippen molar-refractivity contribution in [1.82, 2.24) is 9.97 Å². The summed E-state index contributed by atoms with van der Waals surface area (Å²) in [5.41, 5.74) is -1.36. The van der Waals surface area contributed by atoms with Crippen LogP contribution in [0.2, 0.25) is 10.0 Å². The SMILES string of the molecule is FC(F)(F)c1cnc(CC=Nc2cccc(Oc3ncc(C(F)(F)F)cc3Cl)c2)c(Cl)c1. The number of rotatable bonds is 5. The van der Waals surface area contributed by atoms with Crippen LogP contribution in [0.1, 0.15) is 16.8 Å². The van der Waals surface area contributed by atoms with Gasteiger partial charge in [-0.25, -0.2) is 4.98 Å². The largest absolute Gasteiger partial charge is 0.437 e. The van der Waals surface area contributed by atoms with Gasteiger partial charge in [-0.2, -0.15) is 26.3 Å². The van der Waals surface area contributed by atoms with E-state index in [1.54, 1.807) is 12.1 Å². The van der Waals surface area contributed by atoms with Crippen LogP contribution in [-0.4, -0.2) is 16.2 Å². The number of nitrogens with zero attached hydrogens (tertiary/aromatic N) is 3. The summed E-state index contributed by atoms with van der Waals surface area (Å²) in [7, 11) is 0. The van der Waals surface area contributed by atoms with Crippen LogP contribution in [0.25, 0.3) is 0 Å². The molecule has 0 saturated carbocycles. The summed E-state index contributed by atoms with van der Waals surface area (Å²) >= 11 is 11.7. The lowest BCUT2D eigenvalue weighted by Gasteiger charge is -2.10. The van der Waals surface area contributed by atoms with E-state index in [2.05, 4.69) is 15.0 Å². The van der Waals surface area contributed by atoms with E-state index in [1.807, 2.05) is 0 Å². The van der Waals surface area contributed by atoms with E-state index >= 15 is 0 Å². The van der Waals surface area contributed by atoms with Gasteiger partial charge in [0.15, 0.2) is 0 Å². The highest BCUT2D eigenvalue weighted by molar-refractivity contribution is 6.32. The molecule has 0 N–H and O–H groups in total. The van der Waals surface area contributed by atoms with Gasteiger partial charge in [0.2, 0.25) is 5.88 Å². The number of pyridine rings is 2. The molecule has 0 aliphatic carbocycles. The molecule has 12 heteroatoms. The second kappa shape index (κ2) is 9.33. The predicted octanol–water partition coefficient (Wildman–Crippen LogP) is 7.56. The quantitative estimate of drug-likeness (QED) is 0.272. The number of hydrogen-bond donors (Lipinski definition) is 0. The lowest BCUT2D eigenvalue weighted by atomic mass is 10.2. The van der Waals surface area contributed by atoms with Crippen LogP contribution < -0.4 is 4.74 Å². The Kier molecular flexibility index (Phi) is 6.94. The van der Waals surface area contributed by atoms with Crippen molar-refractivity contribution in [2.24, 2.45) is 4.99 Å². The fourth-order valence-corrected chi connectivity index (χ4v) is 2.85. The fraction of sp³-hybridized carbons (Fsp3) is 0.150. The van der Waals surface area contributed by atoms with Gasteiger partial charge < -0.3 is 4.74 Å². The van der Waals surface area contributed by atoms with E-state index in [0.717, 1.165) is 6.07 Å². The molecule has 2 heterocycles. The third-order valence-corrected chi connectivity index (χ3v) is 4.53. The maximum absolute atomic E-state index is 12.7. The van der Waals surface area contributed by atoms with Crippen LogP contribution in [0.3, 0.4) is 0 Å². The highest BCUT2D eigenvalue weighted by Crippen LogP contribution is 2.35. The van der Waals surface area contributed by atoms with Gasteiger partial charge in [-0.15, -0.1) is 0 Å². The second-order valence-electron chi connectivity index (χ2n) is 6.27. The van der Waals surface area contributed by atoms with Crippen LogP contribution in [-0.2, 0) is 18.8 Å². The number of ether oxygens (including phenoxy) is 1. The summed E-state index contributed by atoms with van der Waals surface area (Å²) in [6.07, 6.45) is -6.39. The Bertz CT molecular complexity index is 1150. The number of benzene rings is 1. The summed E-state index contributed by atoms with van der Waals surface area (Å²) in [5.74, 6) is -0.0129. The molecule has 168 valence electrons. The predicted molar refractivity (Wildman–Crippen MR) is 107 cm³/mol. The molecular formula is C20H11Cl2F6N3O. The molecule has 32 heavy (non-hydrogen) atoms. The first kappa shape index (κ1) is 23.8. The number of alkyl halides is 6. The van der Waals surface area contributed by atoms with Crippen molar-refractivity contribution >= 4 is 35.1 Å². The monoisotopic (exact) mass is 493 g/mol. The minimum Gasteiger partial charge on any atom is -0.437 e. The molecule has 0 spiro atoms. The van der Waals surface area contributed by atoms with Gasteiger partial charge in [0.05, 0.1) is 27.5 Å². The maximum Gasteiger partial charge on any atom is 0.417 e. The summed E-state index contributed by atoms with van der Waals surface area (Å²) < 4.78 is 81.5. The van der Waals surface area contributed by atoms with Crippen molar-refractivity contribution in [3.05, 3.63) is 75.7 Å². The van der Waals surface area contributed by atoms with Gasteiger partial charge in [-0.3, -0.25) is 9.98 Å². The zero-order valence-electron chi connectivity index (χ0n) is 15.7. The van der Waals surface area contributed by atoms with Crippen molar-refractivity contribution in [1.29, 1.82) is 0 Å². The van der Waals surface area contributed by atoms with Gasteiger partial charge in [0.25, 0.3) is 0 Å². The first-order chi connectivity index (χ1) is 14.9. The van der Waals surface area contributed by atoms with E-state index in [1.165, 1.54) is 18.3 Å². The zero-order chi connectivity index (χ0) is 23.5. The van der Waals surface area contributed by atoms with Crippen LogP contribution in [0.15, 0.2) is 53.8 Å². The topological polar surface area (TPSA) is 47.4 Å². The molecule has 4 nitrogen and oxygen atoms in total. The van der Waals surface area contributed by atoms with E-state index in [0.29, 0.717) is 24.1 Å². The molecule has 0 radical (unpaired) electrons. The van der Waals surface area contributed by atoms with Crippen molar-refractivity contribution in [3.8, 4) is 11.6 Å². The highest BCUT2D eigenvalue weighted by atomic mass is 35.5. The van der Waals surface area contributed by atoms with Crippen molar-refractivity contribution < 1.29 is 31.1 Å². The highest BCUT2D eigenvalue weighted by Gasteiger charge is 2.32. The molecule has 2 aromatic heterocycles. The average molecular weight is 494 g/mol. The standard InChI is InChI=1S/C20H11Cl2F6N3O/c21-15-6-11(19(23,24)25)9-30-17(15)4-5-29-13-2-1-3-14(8-13)32-18-16(22)7-12(10-31-18)20(26,27)28/h1-3,5-10H,4H2. The molecule has 1 aromatic carbocycles. The van der Waals surface area contributed by atoms with E-state index in [9.17, 15) is 26.3 Å². The van der Waals surface area contributed by atoms with E-state index in [-0.39, 0.29) is 33.8 Å². The Balaban J connectivity index is 1.70. The summed E-state index contributed by atoms with van der Waals surface area (Å²) in [4.78, 5) is 11.5. The second-order valence-corrected chi connectivity index (χ2v) is 7.09. The van der Waals surface area contributed by atoms with Gasteiger partial charge in [-0.05, 0) is 24.3 Å². The van der Waals surface area contributed by atoms with Crippen molar-refractivity contribution in [2.75, 3.05) is 0 Å². The minimum absolute atomic E-state index is 0.0638. The maximum atomic E-state index is 12.7. The summed E-state index contributed by atoms with van der Waals surface area (Å²) in [5, 5.41) is -0.469. The Morgan fingerprint density at radius 2 is 1.50 bits per heavy atom. The van der Waals surface area contributed by atoms with Crippen molar-refractivity contribution in [3.63, 3.8) is 0 Å². The third kappa shape index (κ3) is 6.10. The molecule has 0 atom stereocenters. The van der Waals surface area contributed by atoms with Gasteiger partial charge >= 0.3 is 12.4 Å². The molecule has 0 bridgehead atoms. The molecule has 3 rings (SSSR count). The summed E-state index contributed by atoms with van der Waals surface area (Å²) in [6.45, 7) is 0. The number of aromatic nitrogens is 2. The van der Waals surface area contributed by atoms with Crippen molar-refractivity contribution in [2.45, 2.75) is 18.8 Å². The van der Waals surface area contributed by atoms with Crippen LogP contribution >= 0.6 is 23.2 Å². The Morgan fingerprint density at radius 3 is 2.09 bits per heavy atom. The average Bonchev–Trinajstić information content (AvgIpc) is 2.69. The van der Waals surface area contributed by atoms with Gasteiger partial charge in [0, 0.05) is 31.1 Å². The first-order valence-corrected chi connectivity index (χ1v) is 9.44. The Labute approximate surface area is 187 Å². The Hall–Kier alpha value is -2.85. The molecule has 0 saturated heterocycles. The minimum atomic E-state index is -4.59. The lowest BCUT2D eigenvalue weighted by molar-refractivity contribution is -0.138. The molecule has 0 unspecified atom stereocenters. The number of aliphatic imine (C=N–C) groups is 1. The normalized spacial score (nSPS) is 12.4. The van der Waals surface area contributed by atoms with E-state index in [4.69, 9.17) is 27.9 Å². The Morgan fingerprint density at radius 1 is 0.875 bits per heavy atom. The van der Waals surface area contributed by atoms with Gasteiger partial charge in [-0.1, -0.05) is 29.3 Å². The van der Waals surface area contributed by atoms with Crippen LogP contribution in [0.4, 0.5) is 32.0 Å². The number of halogens is 8. The third-order valence-electron chi connectivity index (χ3n) is 3.94. The fourth-order valence-electron chi connectivity index (χ4n) is 2.40. The molecule has 0 aliphatic heterocycles.